The predicted octanol–water partition coefficient (Wildman–Crippen LogP) is 2.50. The fraction of sp³-hybridized carbons (Fsp3) is 0.231. The molecule has 108 valence electrons. The van der Waals surface area contributed by atoms with Gasteiger partial charge in [0.25, 0.3) is 10.0 Å². The lowest BCUT2D eigenvalue weighted by Crippen LogP contribution is -2.13. The molecule has 0 spiro atoms. The zero-order valence-corrected chi connectivity index (χ0v) is 12.8. The molecule has 0 aliphatic carbocycles. The quantitative estimate of drug-likeness (QED) is 0.794. The van der Waals surface area contributed by atoms with E-state index < -0.39 is 10.0 Å². The Morgan fingerprint density at radius 3 is 2.80 bits per heavy atom. The first-order valence-corrected chi connectivity index (χ1v) is 7.90. The summed E-state index contributed by atoms with van der Waals surface area (Å²) >= 11 is 5.98. The summed E-state index contributed by atoms with van der Waals surface area (Å²) in [6.45, 7) is 2.34. The maximum absolute atomic E-state index is 12.3. The van der Waals surface area contributed by atoms with Crippen LogP contribution in [0.15, 0.2) is 35.4 Å². The Morgan fingerprint density at radius 2 is 2.10 bits per heavy atom. The first kappa shape index (κ1) is 14.9. The predicted molar refractivity (Wildman–Crippen MR) is 80.6 cm³/mol. The molecule has 2 aromatic rings. The number of sulfonamides is 1. The molecule has 0 saturated carbocycles. The van der Waals surface area contributed by atoms with E-state index >= 15 is 0 Å². The van der Waals surface area contributed by atoms with E-state index in [9.17, 15) is 8.42 Å². The standard InChI is InChI=1S/C13H16ClN3O2S/c1-9-12(14)4-3-5-13(9)17-20(18,19)11-6-10(7-15-2)16-8-11/h3-6,8,15-17H,7H2,1-2H3. The second kappa shape index (κ2) is 5.87. The van der Waals surface area contributed by atoms with Gasteiger partial charge in [-0.25, -0.2) is 8.42 Å². The number of aromatic nitrogens is 1. The van der Waals surface area contributed by atoms with E-state index in [4.69, 9.17) is 11.6 Å². The third-order valence-electron chi connectivity index (χ3n) is 2.91. The van der Waals surface area contributed by atoms with Crippen molar-refractivity contribution in [3.63, 3.8) is 0 Å². The van der Waals surface area contributed by atoms with Crippen molar-refractivity contribution in [3.05, 3.63) is 46.7 Å². The highest BCUT2D eigenvalue weighted by atomic mass is 35.5. The van der Waals surface area contributed by atoms with Crippen molar-refractivity contribution >= 4 is 27.3 Å². The molecule has 2 rings (SSSR count). The highest BCUT2D eigenvalue weighted by Gasteiger charge is 2.17. The molecule has 0 radical (unpaired) electrons. The molecule has 0 aliphatic rings. The number of benzene rings is 1. The summed E-state index contributed by atoms with van der Waals surface area (Å²) in [5, 5.41) is 3.47. The smallest absolute Gasteiger partial charge is 0.263 e. The topological polar surface area (TPSA) is 74.0 Å². The van der Waals surface area contributed by atoms with Crippen molar-refractivity contribution in [3.8, 4) is 0 Å². The van der Waals surface area contributed by atoms with Gasteiger partial charge in [-0.2, -0.15) is 0 Å². The van der Waals surface area contributed by atoms with Gasteiger partial charge in [0.15, 0.2) is 0 Å². The Bertz CT molecular complexity index is 710. The minimum absolute atomic E-state index is 0.196. The van der Waals surface area contributed by atoms with Crippen LogP contribution in [0.3, 0.4) is 0 Å². The molecule has 0 bridgehead atoms. The number of nitrogens with one attached hydrogen (secondary N) is 3. The number of aromatic amines is 1. The lowest BCUT2D eigenvalue weighted by atomic mass is 10.2. The molecule has 0 fully saturated rings. The average molecular weight is 314 g/mol. The molecule has 7 heteroatoms. The van der Waals surface area contributed by atoms with E-state index in [2.05, 4.69) is 15.0 Å². The molecule has 0 unspecified atom stereocenters. The molecule has 0 saturated heterocycles. The van der Waals surface area contributed by atoms with E-state index in [1.165, 1.54) is 6.20 Å². The van der Waals surface area contributed by atoms with E-state index in [0.29, 0.717) is 22.8 Å². The van der Waals surface area contributed by atoms with Gasteiger partial charge in [0, 0.05) is 23.5 Å². The molecule has 3 N–H and O–H groups in total. The number of halogens is 1. The first-order valence-electron chi connectivity index (χ1n) is 6.04. The molecular weight excluding hydrogens is 298 g/mol. The SMILES string of the molecule is CNCc1cc(S(=O)(=O)Nc2cccc(Cl)c2C)c[nH]1. The van der Waals surface area contributed by atoms with Gasteiger partial charge in [0.2, 0.25) is 0 Å². The fourth-order valence-corrected chi connectivity index (χ4v) is 3.10. The summed E-state index contributed by atoms with van der Waals surface area (Å²) < 4.78 is 27.1. The largest absolute Gasteiger partial charge is 0.363 e. The Morgan fingerprint density at radius 1 is 1.35 bits per heavy atom. The van der Waals surface area contributed by atoms with Crippen molar-refractivity contribution in [2.75, 3.05) is 11.8 Å². The van der Waals surface area contributed by atoms with Crippen LogP contribution in [0.1, 0.15) is 11.3 Å². The number of rotatable bonds is 5. The van der Waals surface area contributed by atoms with Crippen molar-refractivity contribution in [1.29, 1.82) is 0 Å². The summed E-state index contributed by atoms with van der Waals surface area (Å²) in [5.74, 6) is 0. The molecule has 0 aliphatic heterocycles. The monoisotopic (exact) mass is 313 g/mol. The summed E-state index contributed by atoms with van der Waals surface area (Å²) in [4.78, 5) is 3.11. The van der Waals surface area contributed by atoms with E-state index in [0.717, 1.165) is 5.69 Å². The molecule has 5 nitrogen and oxygen atoms in total. The Balaban J connectivity index is 2.28. The maximum atomic E-state index is 12.3. The average Bonchev–Trinajstić information content (AvgIpc) is 2.85. The first-order chi connectivity index (χ1) is 9.44. The normalized spacial score (nSPS) is 11.6. The second-order valence-corrected chi connectivity index (χ2v) is 6.50. The van der Waals surface area contributed by atoms with Crippen LogP contribution in [0.2, 0.25) is 5.02 Å². The van der Waals surface area contributed by atoms with E-state index in [1.807, 2.05) is 0 Å². The van der Waals surface area contributed by atoms with Crippen LogP contribution >= 0.6 is 11.6 Å². The van der Waals surface area contributed by atoms with Crippen molar-refractivity contribution in [2.45, 2.75) is 18.4 Å². The number of H-pyrrole nitrogens is 1. The van der Waals surface area contributed by atoms with Crippen molar-refractivity contribution in [1.82, 2.24) is 10.3 Å². The number of hydrogen-bond acceptors (Lipinski definition) is 3. The second-order valence-electron chi connectivity index (χ2n) is 4.41. The van der Waals surface area contributed by atoms with Crippen molar-refractivity contribution < 1.29 is 8.42 Å². The molecule has 20 heavy (non-hydrogen) atoms. The fourth-order valence-electron chi connectivity index (χ4n) is 1.79. The number of hydrogen-bond donors (Lipinski definition) is 3. The maximum Gasteiger partial charge on any atom is 0.263 e. The van der Waals surface area contributed by atoms with Crippen LogP contribution in [0.4, 0.5) is 5.69 Å². The molecule has 1 aromatic heterocycles. The van der Waals surface area contributed by atoms with Crippen LogP contribution in [0.25, 0.3) is 0 Å². The minimum Gasteiger partial charge on any atom is -0.363 e. The van der Waals surface area contributed by atoms with Crippen LogP contribution in [-0.2, 0) is 16.6 Å². The summed E-state index contributed by atoms with van der Waals surface area (Å²) in [6.07, 6.45) is 1.47. The van der Waals surface area contributed by atoms with E-state index in [1.54, 1.807) is 38.2 Å². The zero-order valence-electron chi connectivity index (χ0n) is 11.2. The molecule has 1 aromatic carbocycles. The van der Waals surface area contributed by atoms with Gasteiger partial charge in [-0.3, -0.25) is 4.72 Å². The third kappa shape index (κ3) is 3.15. The van der Waals surface area contributed by atoms with E-state index in [-0.39, 0.29) is 4.90 Å². The van der Waals surface area contributed by atoms with Crippen LogP contribution in [-0.4, -0.2) is 20.4 Å². The summed E-state index contributed by atoms with van der Waals surface area (Å²) in [7, 11) is -1.82. The van der Waals surface area contributed by atoms with Crippen molar-refractivity contribution in [2.24, 2.45) is 0 Å². The van der Waals surface area contributed by atoms with Crippen LogP contribution in [0.5, 0.6) is 0 Å². The third-order valence-corrected chi connectivity index (χ3v) is 4.66. The van der Waals surface area contributed by atoms with Gasteiger partial charge in [-0.15, -0.1) is 0 Å². The summed E-state index contributed by atoms with van der Waals surface area (Å²) in [6, 6.07) is 6.70. The summed E-state index contributed by atoms with van der Waals surface area (Å²) in [5.41, 5.74) is 1.98. The molecule has 0 amide bonds. The lowest BCUT2D eigenvalue weighted by molar-refractivity contribution is 0.601. The van der Waals surface area contributed by atoms with Crippen LogP contribution in [0, 0.1) is 6.92 Å². The zero-order chi connectivity index (χ0) is 14.8. The minimum atomic E-state index is -3.62. The Hall–Kier alpha value is -1.50. The van der Waals surface area contributed by atoms with Gasteiger partial charge < -0.3 is 10.3 Å². The Kier molecular flexibility index (Phi) is 4.37. The highest BCUT2D eigenvalue weighted by Crippen LogP contribution is 2.25. The lowest BCUT2D eigenvalue weighted by Gasteiger charge is -2.10. The molecular formula is C13H16ClN3O2S. The molecule has 0 atom stereocenters. The van der Waals surface area contributed by atoms with Gasteiger partial charge in [0.05, 0.1) is 5.69 Å². The Labute approximate surface area is 123 Å². The van der Waals surface area contributed by atoms with Gasteiger partial charge >= 0.3 is 0 Å². The highest BCUT2D eigenvalue weighted by molar-refractivity contribution is 7.92. The van der Waals surface area contributed by atoms with Gasteiger partial charge in [0.1, 0.15) is 4.90 Å². The van der Waals surface area contributed by atoms with Crippen LogP contribution < -0.4 is 10.0 Å². The molecule has 1 heterocycles. The van der Waals surface area contributed by atoms with Gasteiger partial charge in [-0.05, 0) is 37.7 Å². The van der Waals surface area contributed by atoms with Gasteiger partial charge in [-0.1, -0.05) is 17.7 Å². The number of anilines is 1.